The van der Waals surface area contributed by atoms with Crippen molar-refractivity contribution < 1.29 is 9.59 Å². The standard InChI is InChI=1S/C22H26N4O2S/c1-4-19-23-20-22(25(19)14(2)27)29-21(24-26(20)15(3)28)18-12-10-17(11-13-18)16-8-6-5-7-9-16/h10-13,16H,4-9H2,1-3H3. The number of hydrogen-bond acceptors (Lipinski definition) is 5. The summed E-state index contributed by atoms with van der Waals surface area (Å²) in [7, 11) is 0. The molecule has 0 saturated heterocycles. The van der Waals surface area contributed by atoms with E-state index in [0.29, 0.717) is 34.1 Å². The molecule has 0 N–H and O–H groups in total. The molecule has 1 saturated carbocycles. The maximum absolute atomic E-state index is 12.3. The Kier molecular flexibility index (Phi) is 5.58. The number of amides is 1. The van der Waals surface area contributed by atoms with E-state index < -0.39 is 0 Å². The summed E-state index contributed by atoms with van der Waals surface area (Å²) in [6, 6.07) is 8.52. The van der Waals surface area contributed by atoms with E-state index >= 15 is 0 Å². The Balaban J connectivity index is 1.69. The number of hydrazone groups is 1. The van der Waals surface area contributed by atoms with Crippen molar-refractivity contribution in [2.45, 2.75) is 70.2 Å². The van der Waals surface area contributed by atoms with Gasteiger partial charge in [0.05, 0.1) is 0 Å². The van der Waals surface area contributed by atoms with Gasteiger partial charge in [0.2, 0.25) is 11.8 Å². The zero-order valence-electron chi connectivity index (χ0n) is 17.1. The second kappa shape index (κ2) is 8.14. The minimum absolute atomic E-state index is 0.111. The molecule has 0 unspecified atom stereocenters. The number of aromatic nitrogens is 2. The smallest absolute Gasteiger partial charge is 0.245 e. The maximum atomic E-state index is 12.3. The highest BCUT2D eigenvalue weighted by atomic mass is 32.2. The third-order valence-corrected chi connectivity index (χ3v) is 6.71. The lowest BCUT2D eigenvalue weighted by atomic mass is 9.84. The van der Waals surface area contributed by atoms with Crippen molar-refractivity contribution in [3.8, 4) is 0 Å². The molecule has 1 aromatic carbocycles. The highest BCUT2D eigenvalue weighted by molar-refractivity contribution is 8.14. The van der Waals surface area contributed by atoms with E-state index in [9.17, 15) is 9.59 Å². The van der Waals surface area contributed by atoms with E-state index in [-0.39, 0.29) is 11.8 Å². The van der Waals surface area contributed by atoms with Crippen molar-refractivity contribution in [1.82, 2.24) is 9.55 Å². The summed E-state index contributed by atoms with van der Waals surface area (Å²) < 4.78 is 1.60. The molecule has 29 heavy (non-hydrogen) atoms. The van der Waals surface area contributed by atoms with Crippen molar-refractivity contribution in [2.75, 3.05) is 5.01 Å². The summed E-state index contributed by atoms with van der Waals surface area (Å²) in [5.41, 5.74) is 2.32. The van der Waals surface area contributed by atoms with Crippen LogP contribution in [-0.2, 0) is 11.2 Å². The van der Waals surface area contributed by atoms with E-state index in [1.807, 2.05) is 6.92 Å². The van der Waals surface area contributed by atoms with Gasteiger partial charge in [0.25, 0.3) is 0 Å². The third kappa shape index (κ3) is 3.75. The van der Waals surface area contributed by atoms with Crippen LogP contribution in [0.4, 0.5) is 5.82 Å². The fourth-order valence-electron chi connectivity index (χ4n) is 4.15. The monoisotopic (exact) mass is 410 g/mol. The Labute approximate surface area is 175 Å². The van der Waals surface area contributed by atoms with Crippen LogP contribution in [-0.4, -0.2) is 26.4 Å². The van der Waals surface area contributed by atoms with Crippen LogP contribution < -0.4 is 5.01 Å². The molecule has 2 aliphatic rings. The minimum Gasteiger partial charge on any atom is -0.274 e. The second-order valence-electron chi connectivity index (χ2n) is 7.66. The summed E-state index contributed by atoms with van der Waals surface area (Å²) in [5, 5.41) is 7.23. The molecule has 0 atom stereocenters. The first-order valence-corrected chi connectivity index (χ1v) is 11.1. The Morgan fingerprint density at radius 2 is 1.76 bits per heavy atom. The number of rotatable bonds is 3. The molecule has 1 amide bonds. The fourth-order valence-corrected chi connectivity index (χ4v) is 5.26. The molecule has 152 valence electrons. The van der Waals surface area contributed by atoms with Crippen LogP contribution in [0.15, 0.2) is 34.4 Å². The molecule has 1 aliphatic carbocycles. The van der Waals surface area contributed by atoms with Gasteiger partial charge in [0.1, 0.15) is 15.9 Å². The van der Waals surface area contributed by atoms with E-state index in [0.717, 1.165) is 5.56 Å². The van der Waals surface area contributed by atoms with Crippen molar-refractivity contribution in [3.63, 3.8) is 0 Å². The van der Waals surface area contributed by atoms with Crippen molar-refractivity contribution in [2.24, 2.45) is 5.10 Å². The number of aryl methyl sites for hydroxylation is 1. The molecule has 1 aromatic heterocycles. The average Bonchev–Trinajstić information content (AvgIpc) is 3.12. The van der Waals surface area contributed by atoms with Gasteiger partial charge < -0.3 is 0 Å². The van der Waals surface area contributed by atoms with Crippen molar-refractivity contribution >= 4 is 34.4 Å². The second-order valence-corrected chi connectivity index (χ2v) is 8.64. The van der Waals surface area contributed by atoms with Gasteiger partial charge in [-0.05, 0) is 36.1 Å². The molecular weight excluding hydrogens is 384 g/mol. The van der Waals surface area contributed by atoms with Crippen LogP contribution in [0.2, 0.25) is 0 Å². The minimum atomic E-state index is -0.223. The highest BCUT2D eigenvalue weighted by Crippen LogP contribution is 2.39. The Bertz CT molecular complexity index is 971. The number of carbonyl (C=O) groups excluding carboxylic acids is 2. The predicted octanol–water partition coefficient (Wildman–Crippen LogP) is 4.97. The van der Waals surface area contributed by atoms with E-state index in [1.54, 1.807) is 4.57 Å². The summed E-state index contributed by atoms with van der Waals surface area (Å²) in [4.78, 5) is 29.0. The SMILES string of the molecule is CCc1nc2c(n1C(C)=O)SC(c1ccc(C3CCCCC3)cc1)=NN2C(C)=O. The Morgan fingerprint density at radius 3 is 2.34 bits per heavy atom. The van der Waals surface area contributed by atoms with Crippen LogP contribution in [0.1, 0.15) is 80.5 Å². The molecule has 4 rings (SSSR count). The molecule has 2 heterocycles. The Hall–Kier alpha value is -2.41. The summed E-state index contributed by atoms with van der Waals surface area (Å²) >= 11 is 1.40. The number of benzene rings is 1. The first-order chi connectivity index (χ1) is 14.0. The zero-order valence-corrected chi connectivity index (χ0v) is 18.0. The van der Waals surface area contributed by atoms with Gasteiger partial charge in [-0.15, -0.1) is 0 Å². The number of fused-ring (bicyclic) bond motifs is 1. The van der Waals surface area contributed by atoms with Crippen LogP contribution >= 0.6 is 11.8 Å². The molecule has 2 aromatic rings. The quantitative estimate of drug-likeness (QED) is 0.716. The topological polar surface area (TPSA) is 67.6 Å². The summed E-state index contributed by atoms with van der Waals surface area (Å²) in [5.74, 6) is 1.40. The number of anilines is 1. The van der Waals surface area contributed by atoms with Crippen LogP contribution in [0, 0.1) is 0 Å². The highest BCUT2D eigenvalue weighted by Gasteiger charge is 2.31. The molecular formula is C22H26N4O2S. The lowest BCUT2D eigenvalue weighted by Crippen LogP contribution is -2.28. The molecule has 1 fully saturated rings. The van der Waals surface area contributed by atoms with Crippen LogP contribution in [0.25, 0.3) is 0 Å². The zero-order chi connectivity index (χ0) is 20.5. The first kappa shape index (κ1) is 19.9. The molecule has 0 spiro atoms. The van der Waals surface area contributed by atoms with Gasteiger partial charge >= 0.3 is 0 Å². The van der Waals surface area contributed by atoms with E-state index in [4.69, 9.17) is 0 Å². The van der Waals surface area contributed by atoms with Gasteiger partial charge in [-0.2, -0.15) is 10.1 Å². The fraction of sp³-hybridized carbons (Fsp3) is 0.455. The lowest BCUT2D eigenvalue weighted by molar-refractivity contribution is -0.116. The van der Waals surface area contributed by atoms with Crippen molar-refractivity contribution in [3.05, 3.63) is 41.2 Å². The largest absolute Gasteiger partial charge is 0.274 e. The van der Waals surface area contributed by atoms with E-state index in [1.165, 1.54) is 68.3 Å². The van der Waals surface area contributed by atoms with Gasteiger partial charge in [0, 0.05) is 25.8 Å². The average molecular weight is 411 g/mol. The third-order valence-electron chi connectivity index (χ3n) is 5.64. The van der Waals surface area contributed by atoms with Gasteiger partial charge in [-0.3, -0.25) is 14.2 Å². The predicted molar refractivity (Wildman–Crippen MR) is 116 cm³/mol. The Morgan fingerprint density at radius 1 is 1.07 bits per heavy atom. The molecule has 0 radical (unpaired) electrons. The number of carbonyl (C=O) groups is 2. The lowest BCUT2D eigenvalue weighted by Gasteiger charge is -2.23. The number of thioether (sulfide) groups is 1. The normalized spacial score (nSPS) is 17.1. The summed E-state index contributed by atoms with van der Waals surface area (Å²) in [6.45, 7) is 4.93. The van der Waals surface area contributed by atoms with Crippen LogP contribution in [0.5, 0.6) is 0 Å². The molecule has 6 nitrogen and oxygen atoms in total. The summed E-state index contributed by atoms with van der Waals surface area (Å²) in [6.07, 6.45) is 7.07. The number of nitrogens with zero attached hydrogens (tertiary/aromatic N) is 4. The number of imidazole rings is 1. The van der Waals surface area contributed by atoms with Crippen LogP contribution in [0.3, 0.4) is 0 Å². The van der Waals surface area contributed by atoms with Gasteiger partial charge in [-0.1, -0.05) is 50.5 Å². The number of hydrogen-bond donors (Lipinski definition) is 0. The molecule has 7 heteroatoms. The van der Waals surface area contributed by atoms with Gasteiger partial charge in [-0.25, -0.2) is 4.98 Å². The maximum Gasteiger partial charge on any atom is 0.245 e. The van der Waals surface area contributed by atoms with Gasteiger partial charge in [0.15, 0.2) is 5.82 Å². The first-order valence-electron chi connectivity index (χ1n) is 10.3. The van der Waals surface area contributed by atoms with E-state index in [2.05, 4.69) is 34.4 Å². The molecule has 1 aliphatic heterocycles. The van der Waals surface area contributed by atoms with Crippen molar-refractivity contribution in [1.29, 1.82) is 0 Å². The molecule has 0 bridgehead atoms.